The Morgan fingerprint density at radius 1 is 0.544 bits per heavy atom. The monoisotopic (exact) mass is 1070 g/mol. The van der Waals surface area contributed by atoms with Crippen molar-refractivity contribution in [1.82, 2.24) is 9.55 Å². The molecule has 0 amide bonds. The van der Waals surface area contributed by atoms with Gasteiger partial charge in [-0.3, -0.25) is 0 Å². The fourth-order valence-electron chi connectivity index (χ4n) is 8.76. The van der Waals surface area contributed by atoms with Crippen molar-refractivity contribution in [1.29, 1.82) is 0 Å². The van der Waals surface area contributed by atoms with Gasteiger partial charge in [0.15, 0.2) is 0 Å². The third-order valence-electron chi connectivity index (χ3n) is 12.2. The van der Waals surface area contributed by atoms with Crippen LogP contribution in [0.15, 0.2) is 194 Å². The molecule has 0 unspecified atom stereocenters. The first-order valence-corrected chi connectivity index (χ1v) is 22.2. The van der Waals surface area contributed by atoms with E-state index in [1.807, 2.05) is 71.6 Å². The summed E-state index contributed by atoms with van der Waals surface area (Å²) in [5, 5.41) is 2.00. The zero-order chi connectivity index (χ0) is 54.6. The summed E-state index contributed by atoms with van der Waals surface area (Å²) < 4.78 is 96.0. The number of nitrogens with zero attached hydrogens (tertiary/aromatic N) is 4. The van der Waals surface area contributed by atoms with Gasteiger partial charge in [-0.05, 0) is 79.9 Å². The minimum atomic E-state index is -0.566. The molecule has 0 bridgehead atoms. The van der Waals surface area contributed by atoms with Crippen LogP contribution in [0.4, 0.5) is 22.7 Å². The Balaban J connectivity index is 0.00000688. The van der Waals surface area contributed by atoms with Crippen LogP contribution < -0.4 is 14.5 Å². The molecule has 0 saturated heterocycles. The Kier molecular flexibility index (Phi) is 8.93. The van der Waals surface area contributed by atoms with Gasteiger partial charge in [-0.1, -0.05) is 174 Å². The largest absolute Gasteiger partial charge is 0.509 e. The second-order valence-corrected chi connectivity index (χ2v) is 18.7. The minimum absolute atomic E-state index is 0. The molecule has 68 heavy (non-hydrogen) atoms. The molecule has 6 heteroatoms. The molecule has 8 aromatic carbocycles. The van der Waals surface area contributed by atoms with Crippen molar-refractivity contribution in [2.45, 2.75) is 52.4 Å². The number of ether oxygens (including phenoxy) is 1. The van der Waals surface area contributed by atoms with Crippen LogP contribution in [0.2, 0.25) is 0 Å². The predicted molar refractivity (Wildman–Crippen MR) is 278 cm³/mol. The van der Waals surface area contributed by atoms with E-state index in [-0.39, 0.29) is 59.8 Å². The van der Waals surface area contributed by atoms with Crippen molar-refractivity contribution in [3.8, 4) is 50.7 Å². The van der Waals surface area contributed by atoms with E-state index in [0.29, 0.717) is 28.6 Å². The maximum atomic E-state index is 9.05. The smallest absolute Gasteiger partial charge is 0.135 e. The van der Waals surface area contributed by atoms with Crippen LogP contribution in [0.1, 0.15) is 66.4 Å². The quantitative estimate of drug-likeness (QED) is 0.142. The fraction of sp³-hybridized carbons (Fsp3) is 0.129. The summed E-state index contributed by atoms with van der Waals surface area (Å²) in [5.41, 5.74) is 8.55. The summed E-state index contributed by atoms with van der Waals surface area (Å²) in [5.74, 6) is 1.53. The molecular formula is C62H51N4OPt-3. The average Bonchev–Trinajstić information content (AvgIpc) is 3.96. The minimum Gasteiger partial charge on any atom is -0.509 e. The number of aromatic nitrogens is 2. The predicted octanol–water partition coefficient (Wildman–Crippen LogP) is 16.6. The summed E-state index contributed by atoms with van der Waals surface area (Å²) in [6.45, 7) is 15.2. The van der Waals surface area contributed by atoms with Crippen LogP contribution in [-0.2, 0) is 31.9 Å². The van der Waals surface area contributed by atoms with E-state index in [2.05, 4.69) is 94.6 Å². The number of anilines is 4. The number of para-hydroxylation sites is 3. The van der Waals surface area contributed by atoms with Crippen molar-refractivity contribution < 1.29 is 39.5 Å². The summed E-state index contributed by atoms with van der Waals surface area (Å²) in [6.07, 6.45) is 1.77. The Labute approximate surface area is 428 Å². The molecule has 1 aliphatic heterocycles. The molecule has 11 rings (SSSR count). The van der Waals surface area contributed by atoms with Gasteiger partial charge in [-0.2, -0.15) is 12.1 Å². The first kappa shape index (κ1) is 34.1. The van der Waals surface area contributed by atoms with Crippen LogP contribution >= 0.6 is 0 Å². The first-order valence-electron chi connectivity index (χ1n) is 27.2. The molecule has 0 N–H and O–H groups in total. The Hall–Kier alpha value is -7.20. The average molecular weight is 1070 g/mol. The van der Waals surface area contributed by atoms with Crippen LogP contribution in [-0.4, -0.2) is 9.55 Å². The van der Waals surface area contributed by atoms with Crippen LogP contribution in [0.3, 0.4) is 0 Å². The van der Waals surface area contributed by atoms with E-state index in [9.17, 15) is 0 Å². The van der Waals surface area contributed by atoms with Gasteiger partial charge >= 0.3 is 0 Å². The molecule has 0 atom stereocenters. The molecule has 3 heterocycles. The molecule has 0 aliphatic carbocycles. The number of benzene rings is 8. The zero-order valence-corrected chi connectivity index (χ0v) is 40.6. The molecule has 0 radical (unpaired) electrons. The maximum Gasteiger partial charge on any atom is 0.135 e. The van der Waals surface area contributed by atoms with Crippen LogP contribution in [0.5, 0.6) is 11.5 Å². The van der Waals surface area contributed by atoms with E-state index in [0.717, 1.165) is 38.8 Å². The first-order chi connectivity index (χ1) is 36.6. The zero-order valence-electron chi connectivity index (χ0n) is 48.3. The van der Waals surface area contributed by atoms with E-state index < -0.39 is 60.4 Å². The number of hydrogen-bond donors (Lipinski definition) is 0. The Morgan fingerprint density at radius 2 is 1.16 bits per heavy atom. The van der Waals surface area contributed by atoms with Crippen molar-refractivity contribution >= 4 is 44.6 Å². The molecular weight excluding hydrogens is 1010 g/mol. The topological polar surface area (TPSA) is 33.5 Å². The van der Waals surface area contributed by atoms with Crippen molar-refractivity contribution in [3.63, 3.8) is 0 Å². The summed E-state index contributed by atoms with van der Waals surface area (Å²) >= 11 is 0. The molecule has 0 fully saturated rings. The standard InChI is InChI=1S/C62H51N4O.Pt/c1-61(2,3)46-35-45(36-47(38-46)62(4,5)6)44-30-33-55-54(37-44)53-32-31-50(40-58(53)66(55)59-29-15-16-34-63-59)67-49-24-17-23-48(39-49)64-41-65(57-28-14-13-27-56(57)64)60-51(42-19-9-7-10-20-42)25-18-26-52(60)43-21-11-8-12-22-43;/h7-38,41H,1-6H3;/q-3;/i7D,8D,9D,10D,11D,12D,19D,20D,21D,22D;. The normalized spacial score (nSPS) is 14.7. The number of hydrogen-bond acceptors (Lipinski definition) is 4. The van der Waals surface area contributed by atoms with Crippen molar-refractivity contribution in [3.05, 3.63) is 224 Å². The van der Waals surface area contributed by atoms with Gasteiger partial charge in [0.05, 0.1) is 13.7 Å². The summed E-state index contributed by atoms with van der Waals surface area (Å²) in [4.78, 5) is 8.38. The number of pyridine rings is 1. The fourth-order valence-corrected chi connectivity index (χ4v) is 8.76. The van der Waals surface area contributed by atoms with Crippen molar-refractivity contribution in [2.24, 2.45) is 0 Å². The van der Waals surface area contributed by atoms with Crippen LogP contribution in [0, 0.1) is 18.8 Å². The third-order valence-corrected chi connectivity index (χ3v) is 12.2. The van der Waals surface area contributed by atoms with E-state index in [1.54, 1.807) is 42.0 Å². The summed E-state index contributed by atoms with van der Waals surface area (Å²) in [6, 6.07) is 42.8. The van der Waals surface area contributed by atoms with Gasteiger partial charge in [0.1, 0.15) is 5.82 Å². The Bertz CT molecular complexity index is 3880. The van der Waals surface area contributed by atoms with Gasteiger partial charge in [-0.15, -0.1) is 48.1 Å². The van der Waals surface area contributed by atoms with Crippen molar-refractivity contribution in [2.75, 3.05) is 9.80 Å². The molecule has 1 aliphatic rings. The van der Waals surface area contributed by atoms with Gasteiger partial charge in [-0.25, -0.2) is 4.98 Å². The molecule has 10 aromatic rings. The second-order valence-electron chi connectivity index (χ2n) is 18.7. The van der Waals surface area contributed by atoms with Gasteiger partial charge < -0.3 is 19.1 Å². The van der Waals surface area contributed by atoms with E-state index in [4.69, 9.17) is 23.4 Å². The molecule has 5 nitrogen and oxygen atoms in total. The van der Waals surface area contributed by atoms with E-state index >= 15 is 0 Å². The van der Waals surface area contributed by atoms with Crippen LogP contribution in [0.25, 0.3) is 61.0 Å². The Morgan fingerprint density at radius 3 is 1.79 bits per heavy atom. The molecule has 0 saturated carbocycles. The molecule has 338 valence electrons. The van der Waals surface area contributed by atoms with Gasteiger partial charge in [0.2, 0.25) is 0 Å². The molecule has 2 aromatic heterocycles. The maximum absolute atomic E-state index is 9.05. The SMILES string of the molecule is [2H]c1c([2H])c([2H])c(-c2cccc(-c3c([2H])c([2H])c([2H])c([2H])c3[2H])c2N2[CH-]N(c3[c-]c(Oc4[c-]c5c(cc4)c4cc(-c6cc(C(C)(C)C)cc(C(C)(C)C)c6)ccc4n5-c4ccccn4)ccc3)c3ccccc32)c([2H])c1[2H].[Pt]. The van der Waals surface area contributed by atoms with Gasteiger partial charge in [0.25, 0.3) is 0 Å². The number of rotatable bonds is 8. The number of fused-ring (bicyclic) bond motifs is 4. The third kappa shape index (κ3) is 8.30. The summed E-state index contributed by atoms with van der Waals surface area (Å²) in [7, 11) is 0. The van der Waals surface area contributed by atoms with Gasteiger partial charge in [0, 0.05) is 72.5 Å². The second kappa shape index (κ2) is 17.8. The van der Waals surface area contributed by atoms with E-state index in [1.165, 1.54) is 11.1 Å². The molecule has 0 spiro atoms.